The standard InChI is InChI=1S/C26H30FN7O4/c1-18(35)30-16-21-17-34(26(37)38-21)20-3-4-22(23(27)15-20)19-5-9-32(10-6-19)25(36)33-13-11-31(12-14-33)24-28-7-2-8-29-24/h2-5,7-8,15,21H,6,9-14,16-17H2,1H3,(H,30,35)/t21-/m0/s1. The molecule has 200 valence electrons. The molecule has 2 fully saturated rings. The van der Waals surface area contributed by atoms with Gasteiger partial charge >= 0.3 is 12.1 Å². The van der Waals surface area contributed by atoms with Crippen molar-refractivity contribution in [3.63, 3.8) is 0 Å². The van der Waals surface area contributed by atoms with Crippen LogP contribution in [-0.2, 0) is 9.53 Å². The molecule has 2 aromatic rings. The van der Waals surface area contributed by atoms with Gasteiger partial charge in [-0.2, -0.15) is 0 Å². The first kappa shape index (κ1) is 25.4. The van der Waals surface area contributed by atoms with Crippen LogP contribution in [0.15, 0.2) is 42.7 Å². The topological polar surface area (TPSA) is 111 Å². The van der Waals surface area contributed by atoms with Crippen molar-refractivity contribution < 1.29 is 23.5 Å². The van der Waals surface area contributed by atoms with E-state index in [9.17, 15) is 14.4 Å². The lowest BCUT2D eigenvalue weighted by molar-refractivity contribution is -0.119. The van der Waals surface area contributed by atoms with Gasteiger partial charge < -0.3 is 24.8 Å². The van der Waals surface area contributed by atoms with Crippen LogP contribution in [-0.4, -0.2) is 96.3 Å². The van der Waals surface area contributed by atoms with E-state index in [0.717, 1.165) is 5.57 Å². The number of hydrogen-bond donors (Lipinski definition) is 1. The van der Waals surface area contributed by atoms with Crippen molar-refractivity contribution in [2.24, 2.45) is 0 Å². The number of nitrogens with one attached hydrogen (secondary N) is 1. The van der Waals surface area contributed by atoms with E-state index in [1.165, 1.54) is 17.9 Å². The van der Waals surface area contributed by atoms with Crippen LogP contribution < -0.4 is 15.1 Å². The fourth-order valence-electron chi connectivity index (χ4n) is 4.87. The first-order valence-corrected chi connectivity index (χ1v) is 12.7. The molecule has 5 rings (SSSR count). The van der Waals surface area contributed by atoms with E-state index in [1.54, 1.807) is 35.5 Å². The highest BCUT2D eigenvalue weighted by Gasteiger charge is 2.33. The Hall–Kier alpha value is -4.22. The number of anilines is 2. The summed E-state index contributed by atoms with van der Waals surface area (Å²) in [7, 11) is 0. The van der Waals surface area contributed by atoms with Crippen LogP contribution in [0.2, 0.25) is 0 Å². The van der Waals surface area contributed by atoms with Crippen LogP contribution in [0.4, 0.5) is 25.6 Å². The lowest BCUT2D eigenvalue weighted by Gasteiger charge is -2.38. The number of ether oxygens (including phenoxy) is 1. The summed E-state index contributed by atoms with van der Waals surface area (Å²) in [6, 6.07) is 6.43. The number of rotatable bonds is 5. The highest BCUT2D eigenvalue weighted by molar-refractivity contribution is 5.90. The van der Waals surface area contributed by atoms with Crippen LogP contribution in [0.25, 0.3) is 5.57 Å². The van der Waals surface area contributed by atoms with Gasteiger partial charge in [-0.25, -0.2) is 23.9 Å². The normalized spacial score (nSPS) is 19.8. The number of amides is 4. The lowest BCUT2D eigenvalue weighted by Crippen LogP contribution is -2.53. The van der Waals surface area contributed by atoms with Crippen LogP contribution in [0.3, 0.4) is 0 Å². The van der Waals surface area contributed by atoms with Crippen LogP contribution in [0.1, 0.15) is 18.9 Å². The first-order valence-electron chi connectivity index (χ1n) is 12.7. The fraction of sp³-hybridized carbons (Fsp3) is 0.423. The summed E-state index contributed by atoms with van der Waals surface area (Å²) in [5.41, 5.74) is 1.69. The molecule has 4 heterocycles. The van der Waals surface area contributed by atoms with Crippen molar-refractivity contribution in [3.05, 3.63) is 54.1 Å². The molecule has 38 heavy (non-hydrogen) atoms. The smallest absolute Gasteiger partial charge is 0.414 e. The van der Waals surface area contributed by atoms with Gasteiger partial charge in [-0.05, 0) is 36.3 Å². The zero-order chi connectivity index (χ0) is 26.6. The van der Waals surface area contributed by atoms with E-state index in [-0.39, 0.29) is 25.0 Å². The largest absolute Gasteiger partial charge is 0.442 e. The summed E-state index contributed by atoms with van der Waals surface area (Å²) in [6.07, 6.45) is 4.77. The number of hydrogen-bond acceptors (Lipinski definition) is 7. The second-order valence-electron chi connectivity index (χ2n) is 9.45. The Bertz CT molecular complexity index is 1230. The fourth-order valence-corrected chi connectivity index (χ4v) is 4.87. The number of piperazine rings is 1. The molecule has 1 aromatic heterocycles. The molecule has 0 saturated carbocycles. The number of halogens is 1. The van der Waals surface area contributed by atoms with Crippen molar-refractivity contribution in [2.45, 2.75) is 19.4 Å². The summed E-state index contributed by atoms with van der Waals surface area (Å²) < 4.78 is 20.4. The first-order chi connectivity index (χ1) is 18.4. The number of nitrogens with zero attached hydrogens (tertiary/aromatic N) is 6. The van der Waals surface area contributed by atoms with Gasteiger partial charge in [0.25, 0.3) is 0 Å². The van der Waals surface area contributed by atoms with E-state index in [4.69, 9.17) is 4.74 Å². The number of carbonyl (C=O) groups excluding carboxylic acids is 3. The average Bonchev–Trinajstić information content (AvgIpc) is 3.32. The van der Waals surface area contributed by atoms with Crippen LogP contribution in [0.5, 0.6) is 0 Å². The summed E-state index contributed by atoms with van der Waals surface area (Å²) in [4.78, 5) is 52.0. The van der Waals surface area contributed by atoms with Gasteiger partial charge in [-0.1, -0.05) is 6.08 Å². The third-order valence-corrected chi connectivity index (χ3v) is 6.93. The summed E-state index contributed by atoms with van der Waals surface area (Å²) in [6.45, 7) is 5.23. The van der Waals surface area contributed by atoms with Crippen molar-refractivity contribution in [1.29, 1.82) is 0 Å². The molecule has 0 bridgehead atoms. The molecule has 11 nitrogen and oxygen atoms in total. The van der Waals surface area contributed by atoms with Crippen molar-refractivity contribution in [1.82, 2.24) is 25.1 Å². The maximum absolute atomic E-state index is 15.1. The van der Waals surface area contributed by atoms with Gasteiger partial charge in [-0.15, -0.1) is 0 Å². The van der Waals surface area contributed by atoms with E-state index in [2.05, 4.69) is 20.2 Å². The summed E-state index contributed by atoms with van der Waals surface area (Å²) >= 11 is 0. The van der Waals surface area contributed by atoms with Gasteiger partial charge in [0.1, 0.15) is 11.9 Å². The maximum atomic E-state index is 15.1. The average molecular weight is 524 g/mol. The van der Waals surface area contributed by atoms with Gasteiger partial charge in [-0.3, -0.25) is 9.69 Å². The van der Waals surface area contributed by atoms with Gasteiger partial charge in [0.05, 0.1) is 18.8 Å². The molecule has 0 unspecified atom stereocenters. The predicted octanol–water partition coefficient (Wildman–Crippen LogP) is 2.11. The molecule has 1 aromatic carbocycles. The van der Waals surface area contributed by atoms with Crippen LogP contribution in [0, 0.1) is 5.82 Å². The van der Waals surface area contributed by atoms with Gasteiger partial charge in [0.2, 0.25) is 11.9 Å². The minimum Gasteiger partial charge on any atom is -0.442 e. The maximum Gasteiger partial charge on any atom is 0.414 e. The highest BCUT2D eigenvalue weighted by atomic mass is 19.1. The molecule has 4 amide bonds. The van der Waals surface area contributed by atoms with Crippen molar-refractivity contribution in [3.8, 4) is 0 Å². The van der Waals surface area contributed by atoms with Crippen molar-refractivity contribution in [2.75, 3.05) is 62.2 Å². The Labute approximate surface area is 219 Å². The molecule has 0 aliphatic carbocycles. The molecular weight excluding hydrogens is 493 g/mol. The number of carbonyl (C=O) groups is 3. The molecular formula is C26H30FN7O4. The summed E-state index contributed by atoms with van der Waals surface area (Å²) in [5, 5.41) is 2.62. The highest BCUT2D eigenvalue weighted by Crippen LogP contribution is 2.30. The molecule has 0 radical (unpaired) electrons. The minimum absolute atomic E-state index is 0.0221. The van der Waals surface area contributed by atoms with E-state index >= 15 is 4.39 Å². The molecule has 2 saturated heterocycles. The number of aromatic nitrogens is 2. The zero-order valence-electron chi connectivity index (χ0n) is 21.2. The minimum atomic E-state index is -0.573. The molecule has 0 spiro atoms. The third kappa shape index (κ3) is 5.53. The van der Waals surface area contributed by atoms with E-state index < -0.39 is 18.0 Å². The van der Waals surface area contributed by atoms with Crippen molar-refractivity contribution >= 4 is 35.2 Å². The van der Waals surface area contributed by atoms with Gasteiger partial charge in [0, 0.05) is 64.1 Å². The lowest BCUT2D eigenvalue weighted by atomic mass is 9.98. The second kappa shape index (κ2) is 11.0. The zero-order valence-corrected chi connectivity index (χ0v) is 21.2. The quantitative estimate of drug-likeness (QED) is 0.639. The number of benzene rings is 1. The SMILES string of the molecule is CC(=O)NC[C@H]1CN(c2ccc(C3=CCN(C(=O)N4CCN(c5ncccn5)CC4)CC3)c(F)c2)C(=O)O1. The summed E-state index contributed by atoms with van der Waals surface area (Å²) in [5.74, 6) is 0.0205. The number of urea groups is 1. The van der Waals surface area contributed by atoms with E-state index in [1.807, 2.05) is 11.0 Å². The Balaban J connectivity index is 1.16. The monoisotopic (exact) mass is 523 g/mol. The Morgan fingerprint density at radius 3 is 2.53 bits per heavy atom. The molecule has 1 atom stereocenters. The third-order valence-electron chi connectivity index (χ3n) is 6.93. The Morgan fingerprint density at radius 2 is 1.87 bits per heavy atom. The molecule has 12 heteroatoms. The second-order valence-corrected chi connectivity index (χ2v) is 9.45. The Morgan fingerprint density at radius 1 is 1.11 bits per heavy atom. The predicted molar refractivity (Wildman–Crippen MR) is 138 cm³/mol. The molecule has 3 aliphatic heterocycles. The molecule has 3 aliphatic rings. The van der Waals surface area contributed by atoms with Crippen LogP contribution >= 0.6 is 0 Å². The molecule has 1 N–H and O–H groups in total. The van der Waals surface area contributed by atoms with E-state index in [0.29, 0.717) is 62.9 Å². The Kier molecular flexibility index (Phi) is 7.38. The van der Waals surface area contributed by atoms with Gasteiger partial charge in [0.15, 0.2) is 0 Å². The number of cyclic esters (lactones) is 1.